The van der Waals surface area contributed by atoms with Crippen molar-refractivity contribution >= 4 is 11.5 Å². The molecular formula is C12H14O3. The number of carboxylic acid groups (broad SMARTS) is 1. The fourth-order valence-corrected chi connectivity index (χ4v) is 1.28. The maximum atomic E-state index is 10.7. The molecule has 0 fully saturated rings. The third kappa shape index (κ3) is 2.59. The van der Waals surface area contributed by atoms with Crippen LogP contribution in [0.1, 0.15) is 18.1 Å². The van der Waals surface area contributed by atoms with E-state index in [4.69, 9.17) is 9.84 Å². The summed E-state index contributed by atoms with van der Waals surface area (Å²) < 4.78 is 5.35. The normalized spacial score (nSPS) is 9.73. The van der Waals surface area contributed by atoms with Crippen molar-refractivity contribution in [2.75, 3.05) is 6.61 Å². The molecule has 0 heterocycles. The fourth-order valence-electron chi connectivity index (χ4n) is 1.28. The lowest BCUT2D eigenvalue weighted by Crippen LogP contribution is -1.99. The lowest BCUT2D eigenvalue weighted by Gasteiger charge is -2.08. The van der Waals surface area contributed by atoms with Crippen molar-refractivity contribution in [1.82, 2.24) is 0 Å². The molecule has 0 amide bonds. The second-order valence-corrected chi connectivity index (χ2v) is 3.20. The Morgan fingerprint density at radius 1 is 1.53 bits per heavy atom. The van der Waals surface area contributed by atoms with Gasteiger partial charge >= 0.3 is 5.97 Å². The largest absolute Gasteiger partial charge is 0.494 e. The molecule has 0 aliphatic rings. The Morgan fingerprint density at radius 2 is 2.20 bits per heavy atom. The predicted molar refractivity (Wildman–Crippen MR) is 59.0 cm³/mol. The van der Waals surface area contributed by atoms with Crippen LogP contribution in [0, 0.1) is 6.92 Å². The van der Waals surface area contributed by atoms with E-state index in [9.17, 15) is 4.79 Å². The van der Waals surface area contributed by atoms with E-state index < -0.39 is 5.97 Å². The van der Waals surface area contributed by atoms with Gasteiger partial charge in [-0.3, -0.25) is 0 Å². The summed E-state index contributed by atoms with van der Waals surface area (Å²) in [5.74, 6) is -0.224. The van der Waals surface area contributed by atoms with E-state index in [1.165, 1.54) is 0 Å². The quantitative estimate of drug-likeness (QED) is 0.770. The van der Waals surface area contributed by atoms with Gasteiger partial charge < -0.3 is 9.84 Å². The van der Waals surface area contributed by atoms with Crippen molar-refractivity contribution in [2.45, 2.75) is 13.8 Å². The number of aliphatic carboxylic acids is 1. The molecular weight excluding hydrogens is 192 g/mol. The van der Waals surface area contributed by atoms with Crippen LogP contribution in [-0.2, 0) is 4.79 Å². The minimum absolute atomic E-state index is 0.0983. The Hall–Kier alpha value is -1.77. The first-order chi connectivity index (χ1) is 7.06. The number of hydrogen-bond donors (Lipinski definition) is 1. The highest BCUT2D eigenvalue weighted by Gasteiger charge is 2.08. The molecule has 0 saturated heterocycles. The summed E-state index contributed by atoms with van der Waals surface area (Å²) in [6, 6.07) is 5.23. The average molecular weight is 206 g/mol. The van der Waals surface area contributed by atoms with Crippen LogP contribution >= 0.6 is 0 Å². The van der Waals surface area contributed by atoms with Gasteiger partial charge in [0.15, 0.2) is 0 Å². The zero-order valence-corrected chi connectivity index (χ0v) is 8.91. The molecule has 1 aromatic rings. The first-order valence-electron chi connectivity index (χ1n) is 4.72. The van der Waals surface area contributed by atoms with Gasteiger partial charge in [0.1, 0.15) is 5.75 Å². The zero-order valence-electron chi connectivity index (χ0n) is 8.91. The van der Waals surface area contributed by atoms with Gasteiger partial charge in [-0.25, -0.2) is 4.79 Å². The lowest BCUT2D eigenvalue weighted by atomic mass is 10.0. The topological polar surface area (TPSA) is 46.5 Å². The van der Waals surface area contributed by atoms with E-state index in [2.05, 4.69) is 6.58 Å². The summed E-state index contributed by atoms with van der Waals surface area (Å²) in [5, 5.41) is 8.77. The van der Waals surface area contributed by atoms with Crippen LogP contribution in [-0.4, -0.2) is 17.7 Å². The first-order valence-corrected chi connectivity index (χ1v) is 4.72. The molecule has 0 radical (unpaired) electrons. The number of hydrogen-bond acceptors (Lipinski definition) is 2. The van der Waals surface area contributed by atoms with Gasteiger partial charge in [0.2, 0.25) is 0 Å². The van der Waals surface area contributed by atoms with E-state index in [1.807, 2.05) is 13.8 Å². The van der Waals surface area contributed by atoms with Crippen molar-refractivity contribution in [3.63, 3.8) is 0 Å². The van der Waals surface area contributed by atoms with E-state index in [0.717, 1.165) is 11.3 Å². The molecule has 0 atom stereocenters. The second-order valence-electron chi connectivity index (χ2n) is 3.20. The second kappa shape index (κ2) is 4.64. The molecule has 15 heavy (non-hydrogen) atoms. The van der Waals surface area contributed by atoms with Crippen LogP contribution in [0.5, 0.6) is 5.75 Å². The van der Waals surface area contributed by atoms with Crippen molar-refractivity contribution in [1.29, 1.82) is 0 Å². The zero-order chi connectivity index (χ0) is 11.4. The molecule has 1 aromatic carbocycles. The third-order valence-corrected chi connectivity index (χ3v) is 2.08. The van der Waals surface area contributed by atoms with Gasteiger partial charge in [-0.05, 0) is 37.1 Å². The van der Waals surface area contributed by atoms with Gasteiger partial charge in [-0.1, -0.05) is 12.6 Å². The minimum Gasteiger partial charge on any atom is -0.494 e. The lowest BCUT2D eigenvalue weighted by molar-refractivity contribution is -0.130. The minimum atomic E-state index is -1.00. The van der Waals surface area contributed by atoms with Crippen molar-refractivity contribution in [2.24, 2.45) is 0 Å². The molecule has 0 aliphatic heterocycles. The standard InChI is InChI=1S/C12H14O3/c1-4-15-11-6-5-10(7-8(11)2)9(3)12(13)14/h5-7H,3-4H2,1-2H3,(H,13,14). The highest BCUT2D eigenvalue weighted by molar-refractivity contribution is 6.14. The molecule has 0 aromatic heterocycles. The van der Waals surface area contributed by atoms with Gasteiger partial charge in [-0.2, -0.15) is 0 Å². The van der Waals surface area contributed by atoms with Crippen molar-refractivity contribution in [3.8, 4) is 5.75 Å². The van der Waals surface area contributed by atoms with Gasteiger partial charge in [0, 0.05) is 0 Å². The van der Waals surface area contributed by atoms with Crippen LogP contribution in [0.3, 0.4) is 0 Å². The number of rotatable bonds is 4. The summed E-state index contributed by atoms with van der Waals surface area (Å²) in [6.45, 7) is 7.88. The Labute approximate surface area is 89.0 Å². The first kappa shape index (κ1) is 11.3. The Balaban J connectivity index is 3.01. The number of aryl methyl sites for hydroxylation is 1. The van der Waals surface area contributed by atoms with Gasteiger partial charge in [0.05, 0.1) is 12.2 Å². The van der Waals surface area contributed by atoms with Crippen molar-refractivity contribution in [3.05, 3.63) is 35.9 Å². The Bertz CT molecular complexity index is 394. The monoisotopic (exact) mass is 206 g/mol. The molecule has 1 rings (SSSR count). The predicted octanol–water partition coefficient (Wildman–Crippen LogP) is 2.49. The van der Waals surface area contributed by atoms with Crippen molar-refractivity contribution < 1.29 is 14.6 Å². The van der Waals surface area contributed by atoms with Gasteiger partial charge in [-0.15, -0.1) is 0 Å². The SMILES string of the molecule is C=C(C(=O)O)c1ccc(OCC)c(C)c1. The van der Waals surface area contributed by atoms with Crippen LogP contribution in [0.15, 0.2) is 24.8 Å². The smallest absolute Gasteiger partial charge is 0.335 e. The highest BCUT2D eigenvalue weighted by Crippen LogP contribution is 2.22. The summed E-state index contributed by atoms with van der Waals surface area (Å²) in [4.78, 5) is 10.7. The molecule has 0 aliphatic carbocycles. The molecule has 0 unspecified atom stereocenters. The van der Waals surface area contributed by atoms with E-state index >= 15 is 0 Å². The molecule has 3 heteroatoms. The third-order valence-electron chi connectivity index (χ3n) is 2.08. The molecule has 80 valence electrons. The highest BCUT2D eigenvalue weighted by atomic mass is 16.5. The number of carboxylic acids is 1. The molecule has 1 N–H and O–H groups in total. The fraction of sp³-hybridized carbons (Fsp3) is 0.250. The van der Waals surface area contributed by atoms with Crippen LogP contribution in [0.25, 0.3) is 5.57 Å². The number of ether oxygens (including phenoxy) is 1. The Kier molecular flexibility index (Phi) is 3.50. The van der Waals surface area contributed by atoms with Gasteiger partial charge in [0.25, 0.3) is 0 Å². The maximum absolute atomic E-state index is 10.7. The van der Waals surface area contributed by atoms with E-state index in [1.54, 1.807) is 18.2 Å². The van der Waals surface area contributed by atoms with Crippen LogP contribution < -0.4 is 4.74 Å². The molecule has 0 bridgehead atoms. The van der Waals surface area contributed by atoms with E-state index in [0.29, 0.717) is 12.2 Å². The summed E-state index contributed by atoms with van der Waals surface area (Å²) in [6.07, 6.45) is 0. The average Bonchev–Trinajstić information content (AvgIpc) is 2.20. The summed E-state index contributed by atoms with van der Waals surface area (Å²) in [7, 11) is 0. The number of carbonyl (C=O) groups is 1. The van der Waals surface area contributed by atoms with Crippen LogP contribution in [0.2, 0.25) is 0 Å². The molecule has 0 spiro atoms. The molecule has 3 nitrogen and oxygen atoms in total. The van der Waals surface area contributed by atoms with Crippen LogP contribution in [0.4, 0.5) is 0 Å². The van der Waals surface area contributed by atoms with E-state index in [-0.39, 0.29) is 5.57 Å². The number of benzene rings is 1. The Morgan fingerprint density at radius 3 is 2.67 bits per heavy atom. The molecule has 0 saturated carbocycles. The summed E-state index contributed by atoms with van der Waals surface area (Å²) in [5.41, 5.74) is 1.63. The summed E-state index contributed by atoms with van der Waals surface area (Å²) >= 11 is 0. The maximum Gasteiger partial charge on any atom is 0.335 e.